The topological polar surface area (TPSA) is 74.6 Å². The van der Waals surface area contributed by atoms with Gasteiger partial charge in [-0.15, -0.1) is 0 Å². The molecule has 0 radical (unpaired) electrons. The summed E-state index contributed by atoms with van der Waals surface area (Å²) >= 11 is 6.28. The number of carbonyl (C=O) groups is 1. The predicted molar refractivity (Wildman–Crippen MR) is 117 cm³/mol. The van der Waals surface area contributed by atoms with Crippen LogP contribution < -0.4 is 10.1 Å². The molecule has 3 aliphatic rings. The minimum absolute atomic E-state index is 0.270. The molecule has 1 saturated heterocycles. The van der Waals surface area contributed by atoms with E-state index in [0.29, 0.717) is 11.6 Å². The van der Waals surface area contributed by atoms with Crippen molar-refractivity contribution in [3.63, 3.8) is 0 Å². The SMILES string of the molecule is N#CNC(=O)c1ccc(-c2ccc3c(c2)COC2(CCN(C4CCC4)CC2)O3)cc1Cl. The number of halogens is 1. The number of hydrogen-bond acceptors (Lipinski definition) is 5. The lowest BCUT2D eigenvalue weighted by atomic mass is 9.89. The van der Waals surface area contributed by atoms with Crippen molar-refractivity contribution in [1.82, 2.24) is 10.2 Å². The molecule has 160 valence electrons. The fourth-order valence-corrected chi connectivity index (χ4v) is 4.90. The van der Waals surface area contributed by atoms with E-state index in [4.69, 9.17) is 26.3 Å². The van der Waals surface area contributed by atoms with Gasteiger partial charge in [-0.2, -0.15) is 5.26 Å². The molecule has 6 nitrogen and oxygen atoms in total. The first-order valence-corrected chi connectivity index (χ1v) is 11.1. The van der Waals surface area contributed by atoms with Gasteiger partial charge in [0, 0.05) is 37.5 Å². The Morgan fingerprint density at radius 2 is 1.90 bits per heavy atom. The lowest BCUT2D eigenvalue weighted by Gasteiger charge is -2.47. The van der Waals surface area contributed by atoms with Crippen molar-refractivity contribution in [3.05, 3.63) is 52.5 Å². The zero-order valence-corrected chi connectivity index (χ0v) is 18.0. The lowest BCUT2D eigenvalue weighted by Crippen LogP contribution is -2.54. The number of benzene rings is 2. The second kappa shape index (κ2) is 8.16. The van der Waals surface area contributed by atoms with Crippen molar-refractivity contribution in [3.8, 4) is 23.1 Å². The highest BCUT2D eigenvalue weighted by atomic mass is 35.5. The summed E-state index contributed by atoms with van der Waals surface area (Å²) in [6.07, 6.45) is 7.43. The maximum atomic E-state index is 11.9. The average molecular weight is 438 g/mol. The van der Waals surface area contributed by atoms with Crippen LogP contribution in [0, 0.1) is 11.5 Å². The highest BCUT2D eigenvalue weighted by Crippen LogP contribution is 2.40. The maximum Gasteiger partial charge on any atom is 0.265 e. The molecule has 1 N–H and O–H groups in total. The van der Waals surface area contributed by atoms with Gasteiger partial charge in [0.1, 0.15) is 5.75 Å². The van der Waals surface area contributed by atoms with Gasteiger partial charge in [0.2, 0.25) is 5.79 Å². The number of ether oxygens (including phenoxy) is 2. The fourth-order valence-electron chi connectivity index (χ4n) is 4.64. The van der Waals surface area contributed by atoms with Crippen LogP contribution in [0.3, 0.4) is 0 Å². The van der Waals surface area contributed by atoms with Gasteiger partial charge in [0.05, 0.1) is 17.2 Å². The van der Waals surface area contributed by atoms with E-state index in [1.807, 2.05) is 24.3 Å². The fraction of sp³-hybridized carbons (Fsp3) is 0.417. The van der Waals surface area contributed by atoms with Crippen LogP contribution in [-0.4, -0.2) is 35.7 Å². The summed E-state index contributed by atoms with van der Waals surface area (Å²) in [5.41, 5.74) is 3.13. The minimum Gasteiger partial charge on any atom is -0.462 e. The van der Waals surface area contributed by atoms with Gasteiger partial charge in [0.25, 0.3) is 5.91 Å². The Hall–Kier alpha value is -2.59. The number of nitrogens with one attached hydrogen (secondary N) is 1. The summed E-state index contributed by atoms with van der Waals surface area (Å²) in [7, 11) is 0. The number of likely N-dealkylation sites (tertiary alicyclic amines) is 1. The molecule has 7 heteroatoms. The molecule has 2 fully saturated rings. The number of fused-ring (bicyclic) bond motifs is 1. The van der Waals surface area contributed by atoms with Gasteiger partial charge in [-0.05, 0) is 48.2 Å². The second-order valence-electron chi connectivity index (χ2n) is 8.51. The van der Waals surface area contributed by atoms with Gasteiger partial charge >= 0.3 is 0 Å². The van der Waals surface area contributed by atoms with Crippen molar-refractivity contribution in [2.45, 2.75) is 50.5 Å². The average Bonchev–Trinajstić information content (AvgIpc) is 2.74. The third-order valence-electron chi connectivity index (χ3n) is 6.71. The Morgan fingerprint density at radius 3 is 2.58 bits per heavy atom. The summed E-state index contributed by atoms with van der Waals surface area (Å²) in [5, 5.41) is 11.0. The third-order valence-corrected chi connectivity index (χ3v) is 7.03. The zero-order valence-electron chi connectivity index (χ0n) is 17.2. The highest BCUT2D eigenvalue weighted by molar-refractivity contribution is 6.34. The molecule has 1 aliphatic carbocycles. The van der Waals surface area contributed by atoms with Crippen molar-refractivity contribution < 1.29 is 14.3 Å². The van der Waals surface area contributed by atoms with Gasteiger partial charge < -0.3 is 9.47 Å². The predicted octanol–water partition coefficient (Wildman–Crippen LogP) is 4.47. The maximum absolute atomic E-state index is 11.9. The zero-order chi connectivity index (χ0) is 21.4. The Bertz CT molecular complexity index is 1050. The summed E-state index contributed by atoms with van der Waals surface area (Å²) in [6, 6.07) is 12.0. The minimum atomic E-state index is -0.514. The van der Waals surface area contributed by atoms with Crippen LogP contribution in [0.15, 0.2) is 36.4 Å². The summed E-state index contributed by atoms with van der Waals surface area (Å²) in [6.45, 7) is 2.58. The molecule has 1 amide bonds. The monoisotopic (exact) mass is 437 g/mol. The van der Waals surface area contributed by atoms with Crippen LogP contribution in [0.5, 0.6) is 5.75 Å². The van der Waals surface area contributed by atoms with E-state index in [0.717, 1.165) is 54.4 Å². The first-order valence-electron chi connectivity index (χ1n) is 10.8. The van der Waals surface area contributed by atoms with E-state index in [2.05, 4.69) is 10.2 Å². The van der Waals surface area contributed by atoms with Crippen LogP contribution >= 0.6 is 11.6 Å². The Kier molecular flexibility index (Phi) is 5.35. The number of nitrogens with zero attached hydrogens (tertiary/aromatic N) is 2. The standard InChI is InChI=1S/C24H24ClN3O3/c25-21-13-17(4-6-20(21)23(29)27-15-26)16-5-7-22-18(12-16)14-30-24(31-22)8-10-28(11-9-24)19-2-1-3-19/h4-7,12-13,19H,1-3,8-11,14H2,(H,27,29). The first kappa shape index (κ1) is 20.3. The van der Waals surface area contributed by atoms with E-state index in [1.165, 1.54) is 19.3 Å². The number of hydrogen-bond donors (Lipinski definition) is 1. The van der Waals surface area contributed by atoms with Crippen molar-refractivity contribution in [2.75, 3.05) is 13.1 Å². The number of piperidine rings is 1. The summed E-state index contributed by atoms with van der Waals surface area (Å²) < 4.78 is 12.6. The smallest absolute Gasteiger partial charge is 0.265 e. The highest BCUT2D eigenvalue weighted by Gasteiger charge is 2.42. The molecule has 0 aromatic heterocycles. The van der Waals surface area contributed by atoms with Crippen molar-refractivity contribution >= 4 is 17.5 Å². The van der Waals surface area contributed by atoms with Crippen LogP contribution in [0.4, 0.5) is 0 Å². The molecule has 2 heterocycles. The van der Waals surface area contributed by atoms with Gasteiger partial charge in [0.15, 0.2) is 6.19 Å². The molecular formula is C24H24ClN3O3. The Morgan fingerprint density at radius 1 is 1.16 bits per heavy atom. The second-order valence-corrected chi connectivity index (χ2v) is 8.91. The largest absolute Gasteiger partial charge is 0.462 e. The molecule has 31 heavy (non-hydrogen) atoms. The molecule has 1 saturated carbocycles. The number of amides is 1. The Balaban J connectivity index is 1.31. The first-order chi connectivity index (χ1) is 15.1. The van der Waals surface area contributed by atoms with Crippen molar-refractivity contribution in [1.29, 1.82) is 5.26 Å². The molecule has 0 unspecified atom stereocenters. The third kappa shape index (κ3) is 3.89. The van der Waals surface area contributed by atoms with Crippen LogP contribution in [0.2, 0.25) is 5.02 Å². The Labute approximate surface area is 186 Å². The summed E-state index contributed by atoms with van der Waals surface area (Å²) in [5.74, 6) is -0.142. The quantitative estimate of drug-likeness (QED) is 0.566. The molecule has 2 aromatic carbocycles. The summed E-state index contributed by atoms with van der Waals surface area (Å²) in [4.78, 5) is 14.5. The van der Waals surface area contributed by atoms with E-state index >= 15 is 0 Å². The molecule has 1 spiro atoms. The molecular weight excluding hydrogens is 414 g/mol. The van der Waals surface area contributed by atoms with Gasteiger partial charge in [-0.25, -0.2) is 0 Å². The van der Waals surface area contributed by atoms with Gasteiger partial charge in [-0.1, -0.05) is 30.2 Å². The van der Waals surface area contributed by atoms with Crippen LogP contribution in [-0.2, 0) is 11.3 Å². The molecule has 2 aromatic rings. The normalized spacial score (nSPS) is 20.3. The van der Waals surface area contributed by atoms with E-state index < -0.39 is 11.7 Å². The van der Waals surface area contributed by atoms with E-state index in [1.54, 1.807) is 18.3 Å². The number of carbonyl (C=O) groups excluding carboxylic acids is 1. The molecule has 5 rings (SSSR count). The number of rotatable bonds is 3. The molecule has 2 aliphatic heterocycles. The molecule has 0 atom stereocenters. The number of nitriles is 1. The van der Waals surface area contributed by atoms with Crippen molar-refractivity contribution in [2.24, 2.45) is 0 Å². The van der Waals surface area contributed by atoms with E-state index in [-0.39, 0.29) is 5.56 Å². The molecule has 0 bridgehead atoms. The van der Waals surface area contributed by atoms with Crippen LogP contribution in [0.25, 0.3) is 11.1 Å². The van der Waals surface area contributed by atoms with Gasteiger partial charge in [-0.3, -0.25) is 15.0 Å². The van der Waals surface area contributed by atoms with E-state index in [9.17, 15) is 4.79 Å². The lowest BCUT2D eigenvalue weighted by molar-refractivity contribution is -0.231. The van der Waals surface area contributed by atoms with Crippen LogP contribution in [0.1, 0.15) is 48.0 Å².